The van der Waals surface area contributed by atoms with Crippen LogP contribution in [0.5, 0.6) is 0 Å². The number of anilines is 2. The van der Waals surface area contributed by atoms with Gasteiger partial charge in [-0.05, 0) is 62.8 Å². The summed E-state index contributed by atoms with van der Waals surface area (Å²) in [6.45, 7) is 2.37. The zero-order chi connectivity index (χ0) is 24.6. The van der Waals surface area contributed by atoms with E-state index >= 15 is 0 Å². The molecule has 35 heavy (non-hydrogen) atoms. The van der Waals surface area contributed by atoms with E-state index < -0.39 is 0 Å². The van der Waals surface area contributed by atoms with E-state index in [1.54, 1.807) is 7.11 Å². The molecule has 2 heterocycles. The van der Waals surface area contributed by atoms with E-state index in [9.17, 15) is 14.4 Å². The molecule has 1 unspecified atom stereocenters. The van der Waals surface area contributed by atoms with Gasteiger partial charge in [-0.15, -0.1) is 11.3 Å². The van der Waals surface area contributed by atoms with Crippen molar-refractivity contribution in [1.82, 2.24) is 10.2 Å². The van der Waals surface area contributed by atoms with Gasteiger partial charge < -0.3 is 20.7 Å². The molecule has 2 aromatic rings. The van der Waals surface area contributed by atoms with Crippen molar-refractivity contribution in [3.05, 3.63) is 46.3 Å². The minimum atomic E-state index is -0.160. The summed E-state index contributed by atoms with van der Waals surface area (Å²) in [5.41, 5.74) is 2.46. The molecule has 1 aromatic heterocycles. The number of fused-ring (bicyclic) bond motifs is 1. The molecule has 1 aliphatic heterocycles. The number of benzene rings is 1. The number of carbonyl (C=O) groups excluding carboxylic acids is 3. The van der Waals surface area contributed by atoms with Gasteiger partial charge in [-0.3, -0.25) is 19.3 Å². The monoisotopic (exact) mass is 498 g/mol. The maximum Gasteiger partial charge on any atom is 0.254 e. The standard InChI is InChI=1S/C26H34N4O4S/c1-34-15-13-27-25(33)23-20-11-5-6-12-21(20)35-26(23)29-22(31)17-30-14-7-8-18(16-30)24(32)28-19-9-3-2-4-10-19/h2-4,9-10,18H,5-8,11-17H2,1H3,(H,27,33)(H,28,32)(H,29,31). The molecule has 8 nitrogen and oxygen atoms in total. The number of thiophene rings is 1. The summed E-state index contributed by atoms with van der Waals surface area (Å²) in [7, 11) is 1.60. The quantitative estimate of drug-likeness (QED) is 0.461. The SMILES string of the molecule is COCCNC(=O)c1c(NC(=O)CN2CCCC(C(=O)Nc3ccccc3)C2)sc2c1CCCC2. The molecule has 3 amide bonds. The van der Waals surface area contributed by atoms with Gasteiger partial charge in [0.1, 0.15) is 5.00 Å². The third-order valence-electron chi connectivity index (χ3n) is 6.53. The van der Waals surface area contributed by atoms with Crippen molar-refractivity contribution in [2.75, 3.05) is 50.5 Å². The number of amides is 3. The van der Waals surface area contributed by atoms with Gasteiger partial charge in [0.15, 0.2) is 0 Å². The molecule has 0 saturated carbocycles. The number of methoxy groups -OCH3 is 1. The number of ether oxygens (including phenoxy) is 1. The normalized spacial score (nSPS) is 17.9. The molecule has 1 atom stereocenters. The molecule has 188 valence electrons. The van der Waals surface area contributed by atoms with Crippen LogP contribution in [0.25, 0.3) is 0 Å². The van der Waals surface area contributed by atoms with Crippen LogP contribution in [0.2, 0.25) is 0 Å². The number of piperidine rings is 1. The number of carbonyl (C=O) groups is 3. The Hall–Kier alpha value is -2.75. The summed E-state index contributed by atoms with van der Waals surface area (Å²) >= 11 is 1.52. The van der Waals surface area contributed by atoms with Gasteiger partial charge in [0, 0.05) is 30.8 Å². The van der Waals surface area contributed by atoms with Gasteiger partial charge in [-0.25, -0.2) is 0 Å². The van der Waals surface area contributed by atoms with Crippen molar-refractivity contribution >= 4 is 39.7 Å². The van der Waals surface area contributed by atoms with Gasteiger partial charge in [0.2, 0.25) is 11.8 Å². The Balaban J connectivity index is 1.37. The molecular weight excluding hydrogens is 464 g/mol. The van der Waals surface area contributed by atoms with Crippen LogP contribution in [0.1, 0.15) is 46.5 Å². The van der Waals surface area contributed by atoms with Gasteiger partial charge in [0.05, 0.1) is 24.6 Å². The summed E-state index contributed by atoms with van der Waals surface area (Å²) in [5, 5.41) is 9.53. The van der Waals surface area contributed by atoms with Crippen LogP contribution >= 0.6 is 11.3 Å². The summed E-state index contributed by atoms with van der Waals surface area (Å²) in [6.07, 6.45) is 5.62. The largest absolute Gasteiger partial charge is 0.383 e. The van der Waals surface area contributed by atoms with Crippen LogP contribution in [-0.2, 0) is 27.2 Å². The number of para-hydroxylation sites is 1. The molecule has 1 saturated heterocycles. The Morgan fingerprint density at radius 3 is 2.69 bits per heavy atom. The van der Waals surface area contributed by atoms with E-state index in [4.69, 9.17) is 4.74 Å². The average Bonchev–Trinajstić information content (AvgIpc) is 3.22. The maximum atomic E-state index is 13.0. The van der Waals surface area contributed by atoms with Crippen molar-refractivity contribution in [1.29, 1.82) is 0 Å². The second-order valence-corrected chi connectivity index (χ2v) is 10.2. The van der Waals surface area contributed by atoms with E-state index in [0.29, 0.717) is 30.3 Å². The Bertz CT molecular complexity index is 1040. The molecule has 0 spiro atoms. The first kappa shape index (κ1) is 25.3. The van der Waals surface area contributed by atoms with E-state index in [1.807, 2.05) is 35.2 Å². The van der Waals surface area contributed by atoms with Gasteiger partial charge in [0.25, 0.3) is 5.91 Å². The van der Waals surface area contributed by atoms with Gasteiger partial charge in [-0.1, -0.05) is 18.2 Å². The predicted octanol–water partition coefficient (Wildman–Crippen LogP) is 3.29. The molecule has 9 heteroatoms. The third-order valence-corrected chi connectivity index (χ3v) is 7.74. The van der Waals surface area contributed by atoms with Crippen LogP contribution in [0.15, 0.2) is 30.3 Å². The van der Waals surface area contributed by atoms with Gasteiger partial charge in [-0.2, -0.15) is 0 Å². The first-order valence-corrected chi connectivity index (χ1v) is 13.2. The first-order chi connectivity index (χ1) is 17.0. The van der Waals surface area contributed by atoms with E-state index in [1.165, 1.54) is 16.2 Å². The fourth-order valence-corrected chi connectivity index (χ4v) is 6.10. The number of hydrogen-bond acceptors (Lipinski definition) is 6. The van der Waals surface area contributed by atoms with E-state index in [2.05, 4.69) is 16.0 Å². The number of rotatable bonds is 9. The van der Waals surface area contributed by atoms with E-state index in [0.717, 1.165) is 56.3 Å². The Labute approximate surface area is 210 Å². The average molecular weight is 499 g/mol. The number of nitrogens with zero attached hydrogens (tertiary/aromatic N) is 1. The highest BCUT2D eigenvalue weighted by molar-refractivity contribution is 7.17. The lowest BCUT2D eigenvalue weighted by Gasteiger charge is -2.31. The lowest BCUT2D eigenvalue weighted by atomic mass is 9.95. The van der Waals surface area contributed by atoms with Crippen LogP contribution in [0.3, 0.4) is 0 Å². The van der Waals surface area contributed by atoms with Crippen LogP contribution in [0, 0.1) is 5.92 Å². The van der Waals surface area contributed by atoms with Crippen LogP contribution < -0.4 is 16.0 Å². The summed E-state index contributed by atoms with van der Waals surface area (Å²) in [4.78, 5) is 41.9. The summed E-state index contributed by atoms with van der Waals surface area (Å²) < 4.78 is 5.04. The minimum absolute atomic E-state index is 0.0118. The maximum absolute atomic E-state index is 13.0. The zero-order valence-corrected chi connectivity index (χ0v) is 21.0. The second-order valence-electron chi connectivity index (χ2n) is 9.14. The Morgan fingerprint density at radius 2 is 1.89 bits per heavy atom. The van der Waals surface area contributed by atoms with Crippen molar-refractivity contribution in [3.8, 4) is 0 Å². The predicted molar refractivity (Wildman–Crippen MR) is 138 cm³/mol. The highest BCUT2D eigenvalue weighted by Crippen LogP contribution is 2.38. The van der Waals surface area contributed by atoms with Crippen molar-refractivity contribution in [2.24, 2.45) is 5.92 Å². The lowest BCUT2D eigenvalue weighted by Crippen LogP contribution is -2.44. The topological polar surface area (TPSA) is 99.8 Å². The molecule has 0 bridgehead atoms. The summed E-state index contributed by atoms with van der Waals surface area (Å²) in [6, 6.07) is 9.43. The molecule has 0 radical (unpaired) electrons. The van der Waals surface area contributed by atoms with Crippen molar-refractivity contribution in [2.45, 2.75) is 38.5 Å². The molecule has 3 N–H and O–H groups in total. The van der Waals surface area contributed by atoms with Crippen molar-refractivity contribution in [3.63, 3.8) is 0 Å². The summed E-state index contributed by atoms with van der Waals surface area (Å²) in [5.74, 6) is -0.485. The van der Waals surface area contributed by atoms with E-state index in [-0.39, 0.29) is 30.2 Å². The second kappa shape index (κ2) is 12.3. The Kier molecular flexibility index (Phi) is 8.90. The molecule has 2 aliphatic rings. The Morgan fingerprint density at radius 1 is 1.09 bits per heavy atom. The van der Waals surface area contributed by atoms with Crippen LogP contribution in [-0.4, -0.2) is 62.5 Å². The minimum Gasteiger partial charge on any atom is -0.383 e. The smallest absolute Gasteiger partial charge is 0.254 e. The molecule has 4 rings (SSSR count). The third kappa shape index (κ3) is 6.68. The highest BCUT2D eigenvalue weighted by Gasteiger charge is 2.29. The van der Waals surface area contributed by atoms with Gasteiger partial charge >= 0.3 is 0 Å². The molecular formula is C26H34N4O4S. The number of aryl methyl sites for hydroxylation is 1. The number of nitrogens with one attached hydrogen (secondary N) is 3. The lowest BCUT2D eigenvalue weighted by molar-refractivity contribution is -0.123. The van der Waals surface area contributed by atoms with Crippen molar-refractivity contribution < 1.29 is 19.1 Å². The number of likely N-dealkylation sites (tertiary alicyclic amines) is 1. The molecule has 1 fully saturated rings. The fourth-order valence-electron chi connectivity index (χ4n) is 4.80. The first-order valence-electron chi connectivity index (χ1n) is 12.3. The number of hydrogen-bond donors (Lipinski definition) is 3. The molecule has 1 aromatic carbocycles. The molecule has 1 aliphatic carbocycles. The zero-order valence-electron chi connectivity index (χ0n) is 20.2. The highest BCUT2D eigenvalue weighted by atomic mass is 32.1. The van der Waals surface area contributed by atoms with Crippen LogP contribution in [0.4, 0.5) is 10.7 Å². The fraction of sp³-hybridized carbons (Fsp3) is 0.500.